The van der Waals surface area contributed by atoms with Gasteiger partial charge in [0, 0.05) is 0 Å². The minimum absolute atomic E-state index is 0.370. The minimum atomic E-state index is -4.58. The summed E-state index contributed by atoms with van der Waals surface area (Å²) in [5, 5.41) is 8.34. The van der Waals surface area contributed by atoms with E-state index in [2.05, 4.69) is 0 Å². The van der Waals surface area contributed by atoms with Crippen molar-refractivity contribution in [3.8, 4) is 6.07 Å². The summed E-state index contributed by atoms with van der Waals surface area (Å²) in [5.41, 5.74) is 0.137. The first-order valence-electron chi connectivity index (χ1n) is 4.19. The Balaban J connectivity index is 3.06. The van der Waals surface area contributed by atoms with E-state index in [1.54, 1.807) is 24.3 Å². The fourth-order valence-electron chi connectivity index (χ4n) is 1.01. The summed E-state index contributed by atoms with van der Waals surface area (Å²) >= 11 is 0. The van der Waals surface area contributed by atoms with E-state index in [0.717, 1.165) is 17.7 Å². The lowest BCUT2D eigenvalue weighted by molar-refractivity contribution is -0.0864. The van der Waals surface area contributed by atoms with Crippen molar-refractivity contribution in [2.75, 3.05) is 0 Å². The van der Waals surface area contributed by atoms with Gasteiger partial charge in [0.25, 0.3) is 0 Å². The predicted octanol–water partition coefficient (Wildman–Crippen LogP) is 3.46. The van der Waals surface area contributed by atoms with Crippen LogP contribution in [0.3, 0.4) is 0 Å². The molecule has 1 aromatic carbocycles. The molecule has 0 aromatic heterocycles. The molecule has 0 atom stereocenters. The summed E-state index contributed by atoms with van der Waals surface area (Å²) in [6, 6.07) is 7.60. The molecule has 0 amide bonds. The standard InChI is InChI=1S/C11H8F3N/c1-8-2-4-9(5-3-8)6-10(7-15)11(12,13)14/h2-6H,1H3/b10-6-. The molecule has 0 unspecified atom stereocenters. The van der Waals surface area contributed by atoms with Crippen molar-refractivity contribution < 1.29 is 13.2 Å². The highest BCUT2D eigenvalue weighted by molar-refractivity contribution is 5.58. The second-order valence-electron chi connectivity index (χ2n) is 3.08. The number of rotatable bonds is 1. The molecular weight excluding hydrogens is 203 g/mol. The van der Waals surface area contributed by atoms with Crippen LogP contribution in [0.25, 0.3) is 6.08 Å². The molecule has 0 aliphatic rings. The third-order valence-electron chi connectivity index (χ3n) is 1.81. The Morgan fingerprint density at radius 2 is 1.80 bits per heavy atom. The van der Waals surface area contributed by atoms with Crippen LogP contribution < -0.4 is 0 Å². The molecule has 0 radical (unpaired) electrons. The first kappa shape index (κ1) is 11.3. The lowest BCUT2D eigenvalue weighted by Gasteiger charge is -2.03. The van der Waals surface area contributed by atoms with Gasteiger partial charge in [0.05, 0.1) is 0 Å². The molecule has 78 valence electrons. The van der Waals surface area contributed by atoms with E-state index in [1.807, 2.05) is 6.92 Å². The van der Waals surface area contributed by atoms with Crippen molar-refractivity contribution in [2.24, 2.45) is 0 Å². The van der Waals surface area contributed by atoms with Gasteiger partial charge < -0.3 is 0 Å². The summed E-state index contributed by atoms with van der Waals surface area (Å²) in [7, 11) is 0. The lowest BCUT2D eigenvalue weighted by atomic mass is 10.1. The van der Waals surface area contributed by atoms with E-state index >= 15 is 0 Å². The molecule has 0 aliphatic heterocycles. The molecule has 15 heavy (non-hydrogen) atoms. The molecule has 0 saturated carbocycles. The van der Waals surface area contributed by atoms with E-state index in [1.165, 1.54) is 0 Å². The quantitative estimate of drug-likeness (QED) is 0.652. The van der Waals surface area contributed by atoms with Crippen LogP contribution in [0.15, 0.2) is 29.8 Å². The zero-order chi connectivity index (χ0) is 11.5. The van der Waals surface area contributed by atoms with Crippen molar-refractivity contribution in [3.63, 3.8) is 0 Å². The topological polar surface area (TPSA) is 23.8 Å². The van der Waals surface area contributed by atoms with Crippen LogP contribution in [0.5, 0.6) is 0 Å². The van der Waals surface area contributed by atoms with Gasteiger partial charge in [-0.3, -0.25) is 0 Å². The van der Waals surface area contributed by atoms with Gasteiger partial charge >= 0.3 is 6.18 Å². The molecule has 0 fully saturated rings. The summed E-state index contributed by atoms with van der Waals surface area (Å²) in [6.07, 6.45) is -3.75. The van der Waals surface area contributed by atoms with Crippen LogP contribution in [-0.2, 0) is 0 Å². The number of nitriles is 1. The van der Waals surface area contributed by atoms with Gasteiger partial charge in [-0.25, -0.2) is 0 Å². The van der Waals surface area contributed by atoms with Crippen LogP contribution >= 0.6 is 0 Å². The van der Waals surface area contributed by atoms with E-state index in [0.29, 0.717) is 5.56 Å². The monoisotopic (exact) mass is 211 g/mol. The number of aryl methyl sites for hydroxylation is 1. The Labute approximate surface area is 85.5 Å². The summed E-state index contributed by atoms with van der Waals surface area (Å²) in [6.45, 7) is 1.84. The van der Waals surface area contributed by atoms with Gasteiger partial charge in [-0.05, 0) is 18.6 Å². The average Bonchev–Trinajstić information content (AvgIpc) is 2.15. The second kappa shape index (κ2) is 4.18. The highest BCUT2D eigenvalue weighted by atomic mass is 19.4. The fourth-order valence-corrected chi connectivity index (χ4v) is 1.01. The molecular formula is C11H8F3N. The van der Waals surface area contributed by atoms with Crippen LogP contribution in [0.1, 0.15) is 11.1 Å². The number of allylic oxidation sites excluding steroid dienone is 1. The Bertz CT molecular complexity index is 407. The fraction of sp³-hybridized carbons (Fsp3) is 0.182. The zero-order valence-corrected chi connectivity index (χ0v) is 7.97. The third kappa shape index (κ3) is 3.13. The molecule has 0 aliphatic carbocycles. The van der Waals surface area contributed by atoms with Crippen molar-refractivity contribution in [1.82, 2.24) is 0 Å². The van der Waals surface area contributed by atoms with Gasteiger partial charge in [-0.15, -0.1) is 0 Å². The molecule has 4 heteroatoms. The Kier molecular flexibility index (Phi) is 3.15. The van der Waals surface area contributed by atoms with E-state index in [9.17, 15) is 13.2 Å². The normalized spacial score (nSPS) is 12.3. The minimum Gasteiger partial charge on any atom is -0.192 e. The molecule has 0 spiro atoms. The SMILES string of the molecule is Cc1ccc(/C=C(/C#N)C(F)(F)F)cc1. The zero-order valence-electron chi connectivity index (χ0n) is 7.97. The average molecular weight is 211 g/mol. The number of halogens is 3. The molecule has 1 aromatic rings. The highest BCUT2D eigenvalue weighted by Gasteiger charge is 2.33. The summed E-state index contributed by atoms with van der Waals surface area (Å²) < 4.78 is 36.6. The van der Waals surface area contributed by atoms with Gasteiger partial charge in [0.1, 0.15) is 11.6 Å². The van der Waals surface area contributed by atoms with Gasteiger partial charge in [-0.1, -0.05) is 29.8 Å². The van der Waals surface area contributed by atoms with E-state index < -0.39 is 11.7 Å². The third-order valence-corrected chi connectivity index (χ3v) is 1.81. The van der Waals surface area contributed by atoms with Crippen molar-refractivity contribution >= 4 is 6.08 Å². The maximum Gasteiger partial charge on any atom is 0.426 e. The largest absolute Gasteiger partial charge is 0.426 e. The van der Waals surface area contributed by atoms with E-state index in [-0.39, 0.29) is 0 Å². The molecule has 0 saturated heterocycles. The number of alkyl halides is 3. The highest BCUT2D eigenvalue weighted by Crippen LogP contribution is 2.26. The Hall–Kier alpha value is -1.76. The molecule has 1 rings (SSSR count). The number of hydrogen-bond donors (Lipinski definition) is 0. The first-order valence-corrected chi connectivity index (χ1v) is 4.19. The number of hydrogen-bond acceptors (Lipinski definition) is 1. The first-order chi connectivity index (χ1) is 6.93. The summed E-state index contributed by atoms with van der Waals surface area (Å²) in [4.78, 5) is 0. The molecule has 0 bridgehead atoms. The van der Waals surface area contributed by atoms with Crippen LogP contribution in [0, 0.1) is 18.3 Å². The van der Waals surface area contributed by atoms with Gasteiger partial charge in [0.2, 0.25) is 0 Å². The van der Waals surface area contributed by atoms with Crippen LogP contribution in [0.4, 0.5) is 13.2 Å². The Morgan fingerprint density at radius 1 is 1.27 bits per heavy atom. The van der Waals surface area contributed by atoms with Crippen LogP contribution in [0.2, 0.25) is 0 Å². The van der Waals surface area contributed by atoms with Crippen molar-refractivity contribution in [3.05, 3.63) is 41.0 Å². The predicted molar refractivity (Wildman–Crippen MR) is 50.8 cm³/mol. The van der Waals surface area contributed by atoms with Crippen molar-refractivity contribution in [1.29, 1.82) is 5.26 Å². The van der Waals surface area contributed by atoms with Gasteiger partial charge in [0.15, 0.2) is 0 Å². The van der Waals surface area contributed by atoms with Crippen LogP contribution in [-0.4, -0.2) is 6.18 Å². The Morgan fingerprint density at radius 3 is 2.20 bits per heavy atom. The van der Waals surface area contributed by atoms with Gasteiger partial charge in [-0.2, -0.15) is 18.4 Å². The number of benzene rings is 1. The maximum absolute atomic E-state index is 12.2. The van der Waals surface area contributed by atoms with Crippen molar-refractivity contribution in [2.45, 2.75) is 13.1 Å². The lowest BCUT2D eigenvalue weighted by Crippen LogP contribution is -2.09. The summed E-state index contributed by atoms with van der Waals surface area (Å²) in [5.74, 6) is 0. The van der Waals surface area contributed by atoms with E-state index in [4.69, 9.17) is 5.26 Å². The molecule has 0 N–H and O–H groups in total. The maximum atomic E-state index is 12.2. The number of nitrogens with zero attached hydrogens (tertiary/aromatic N) is 1. The molecule has 0 heterocycles. The second-order valence-corrected chi connectivity index (χ2v) is 3.08. The molecule has 1 nitrogen and oxygen atoms in total. The smallest absolute Gasteiger partial charge is 0.192 e.